The molecule has 0 atom stereocenters. The summed E-state index contributed by atoms with van der Waals surface area (Å²) in [5.74, 6) is 0.885. The van der Waals surface area contributed by atoms with E-state index in [2.05, 4.69) is 32.0 Å². The van der Waals surface area contributed by atoms with Crippen molar-refractivity contribution in [3.05, 3.63) is 18.0 Å². The van der Waals surface area contributed by atoms with Gasteiger partial charge in [-0.15, -0.1) is 0 Å². The van der Waals surface area contributed by atoms with Crippen LogP contribution in [0.3, 0.4) is 0 Å². The van der Waals surface area contributed by atoms with Crippen molar-refractivity contribution >= 4 is 5.95 Å². The summed E-state index contributed by atoms with van der Waals surface area (Å²) in [5, 5.41) is 3.49. The van der Waals surface area contributed by atoms with Crippen molar-refractivity contribution in [2.45, 2.75) is 38.8 Å². The summed E-state index contributed by atoms with van der Waals surface area (Å²) in [4.78, 5) is 13.9. The molecule has 0 bridgehead atoms. The molecule has 0 amide bonds. The van der Waals surface area contributed by atoms with Crippen LogP contribution < -0.4 is 10.2 Å². The molecular formula is C15H25N5. The maximum atomic E-state index is 4.53. The highest BCUT2D eigenvalue weighted by Crippen LogP contribution is 2.19. The number of nitrogens with zero attached hydrogens (tertiary/aromatic N) is 4. The van der Waals surface area contributed by atoms with Gasteiger partial charge in [-0.1, -0.05) is 6.92 Å². The van der Waals surface area contributed by atoms with Crippen molar-refractivity contribution in [2.75, 3.05) is 37.6 Å². The molecule has 2 aliphatic rings. The molecule has 2 fully saturated rings. The number of piperazine rings is 1. The van der Waals surface area contributed by atoms with Crippen molar-refractivity contribution in [3.63, 3.8) is 0 Å². The molecule has 2 heterocycles. The van der Waals surface area contributed by atoms with E-state index < -0.39 is 0 Å². The van der Waals surface area contributed by atoms with Gasteiger partial charge in [0.25, 0.3) is 0 Å². The van der Waals surface area contributed by atoms with E-state index in [1.54, 1.807) is 0 Å². The lowest BCUT2D eigenvalue weighted by Crippen LogP contribution is -2.47. The molecular weight excluding hydrogens is 250 g/mol. The zero-order valence-electron chi connectivity index (χ0n) is 12.4. The van der Waals surface area contributed by atoms with E-state index in [1.807, 2.05) is 12.4 Å². The monoisotopic (exact) mass is 275 g/mol. The van der Waals surface area contributed by atoms with E-state index in [-0.39, 0.29) is 0 Å². The third-order valence-electron chi connectivity index (χ3n) is 4.06. The molecule has 1 N–H and O–H groups in total. The molecule has 1 aromatic rings. The predicted octanol–water partition coefficient (Wildman–Crippen LogP) is 1.26. The molecule has 5 heteroatoms. The number of hydrogen-bond donors (Lipinski definition) is 1. The molecule has 1 saturated heterocycles. The lowest BCUT2D eigenvalue weighted by Gasteiger charge is -2.34. The van der Waals surface area contributed by atoms with Crippen LogP contribution in [0, 0.1) is 0 Å². The lowest BCUT2D eigenvalue weighted by atomic mass is 10.3. The van der Waals surface area contributed by atoms with Gasteiger partial charge in [-0.25, -0.2) is 9.97 Å². The highest BCUT2D eigenvalue weighted by molar-refractivity contribution is 5.30. The summed E-state index contributed by atoms with van der Waals surface area (Å²) in [7, 11) is 0. The van der Waals surface area contributed by atoms with E-state index in [9.17, 15) is 0 Å². The minimum atomic E-state index is 0.737. The zero-order chi connectivity index (χ0) is 13.8. The first kappa shape index (κ1) is 13.8. The molecule has 0 aromatic carbocycles. The summed E-state index contributed by atoms with van der Waals surface area (Å²) in [6.45, 7) is 8.68. The van der Waals surface area contributed by atoms with Crippen molar-refractivity contribution in [2.24, 2.45) is 0 Å². The molecule has 1 aliphatic heterocycles. The second-order valence-electron chi connectivity index (χ2n) is 5.88. The van der Waals surface area contributed by atoms with Crippen molar-refractivity contribution < 1.29 is 0 Å². The third-order valence-corrected chi connectivity index (χ3v) is 4.06. The van der Waals surface area contributed by atoms with Gasteiger partial charge in [0.1, 0.15) is 0 Å². The highest BCUT2D eigenvalue weighted by Gasteiger charge is 2.20. The maximum absolute atomic E-state index is 4.53. The van der Waals surface area contributed by atoms with Gasteiger partial charge in [-0.05, 0) is 25.8 Å². The van der Waals surface area contributed by atoms with Gasteiger partial charge in [-0.3, -0.25) is 4.90 Å². The van der Waals surface area contributed by atoms with Crippen LogP contribution in [0.2, 0.25) is 0 Å². The number of rotatable bonds is 6. The standard InChI is InChI=1S/C15H25N5/c1-2-5-19-6-8-20(9-7-19)15-17-11-13(12-18-15)10-16-14-3-4-14/h11-12,14,16H,2-10H2,1H3. The Kier molecular flexibility index (Phi) is 4.47. The topological polar surface area (TPSA) is 44.3 Å². The van der Waals surface area contributed by atoms with Crippen molar-refractivity contribution in [3.8, 4) is 0 Å². The summed E-state index contributed by atoms with van der Waals surface area (Å²) in [6.07, 6.45) is 7.81. The first-order valence-electron chi connectivity index (χ1n) is 7.87. The lowest BCUT2D eigenvalue weighted by molar-refractivity contribution is 0.257. The zero-order valence-corrected chi connectivity index (χ0v) is 12.4. The Morgan fingerprint density at radius 2 is 1.85 bits per heavy atom. The Labute approximate surface area is 121 Å². The largest absolute Gasteiger partial charge is 0.338 e. The smallest absolute Gasteiger partial charge is 0.225 e. The molecule has 0 unspecified atom stereocenters. The molecule has 1 aromatic heterocycles. The van der Waals surface area contributed by atoms with Gasteiger partial charge in [-0.2, -0.15) is 0 Å². The van der Waals surface area contributed by atoms with Crippen molar-refractivity contribution in [1.82, 2.24) is 20.2 Å². The van der Waals surface area contributed by atoms with Crippen LogP contribution >= 0.6 is 0 Å². The first-order valence-corrected chi connectivity index (χ1v) is 7.87. The van der Waals surface area contributed by atoms with Crippen LogP contribution in [0.5, 0.6) is 0 Å². The van der Waals surface area contributed by atoms with Crippen LogP contribution in [0.1, 0.15) is 31.7 Å². The van der Waals surface area contributed by atoms with Crippen LogP contribution in [0.15, 0.2) is 12.4 Å². The Morgan fingerprint density at radius 3 is 2.45 bits per heavy atom. The van der Waals surface area contributed by atoms with Gasteiger partial charge in [0.15, 0.2) is 0 Å². The van der Waals surface area contributed by atoms with E-state index in [4.69, 9.17) is 0 Å². The van der Waals surface area contributed by atoms with Gasteiger partial charge in [0, 0.05) is 56.7 Å². The molecule has 0 spiro atoms. The Bertz CT molecular complexity index is 407. The van der Waals surface area contributed by atoms with Gasteiger partial charge < -0.3 is 10.2 Å². The molecule has 20 heavy (non-hydrogen) atoms. The normalized spacial score (nSPS) is 20.4. The second kappa shape index (κ2) is 6.50. The first-order chi connectivity index (χ1) is 9.85. The Hall–Kier alpha value is -1.20. The molecule has 1 saturated carbocycles. The minimum absolute atomic E-state index is 0.737. The number of hydrogen-bond acceptors (Lipinski definition) is 5. The second-order valence-corrected chi connectivity index (χ2v) is 5.88. The minimum Gasteiger partial charge on any atom is -0.338 e. The maximum Gasteiger partial charge on any atom is 0.225 e. The number of nitrogens with one attached hydrogen (secondary N) is 1. The fraction of sp³-hybridized carbons (Fsp3) is 0.733. The highest BCUT2D eigenvalue weighted by atomic mass is 15.3. The SMILES string of the molecule is CCCN1CCN(c2ncc(CNC3CC3)cn2)CC1. The summed E-state index contributed by atoms with van der Waals surface area (Å²) in [6, 6.07) is 0.737. The Balaban J connectivity index is 1.49. The average molecular weight is 275 g/mol. The summed E-state index contributed by atoms with van der Waals surface area (Å²) in [5.41, 5.74) is 1.19. The average Bonchev–Trinajstić information content (AvgIpc) is 3.31. The van der Waals surface area contributed by atoms with Gasteiger partial charge in [0.05, 0.1) is 0 Å². The van der Waals surface area contributed by atoms with E-state index in [0.717, 1.165) is 44.7 Å². The summed E-state index contributed by atoms with van der Waals surface area (Å²) < 4.78 is 0. The quantitative estimate of drug-likeness (QED) is 0.847. The Morgan fingerprint density at radius 1 is 1.15 bits per heavy atom. The van der Waals surface area contributed by atoms with Crippen LogP contribution in [0.4, 0.5) is 5.95 Å². The fourth-order valence-corrected chi connectivity index (χ4v) is 2.64. The number of anilines is 1. The summed E-state index contributed by atoms with van der Waals surface area (Å²) >= 11 is 0. The fourth-order valence-electron chi connectivity index (χ4n) is 2.64. The molecule has 1 aliphatic carbocycles. The third kappa shape index (κ3) is 3.67. The van der Waals surface area contributed by atoms with E-state index >= 15 is 0 Å². The molecule has 3 rings (SSSR count). The number of aromatic nitrogens is 2. The van der Waals surface area contributed by atoms with Crippen LogP contribution in [-0.2, 0) is 6.54 Å². The predicted molar refractivity (Wildman–Crippen MR) is 80.8 cm³/mol. The van der Waals surface area contributed by atoms with Crippen LogP contribution in [-0.4, -0.2) is 53.6 Å². The molecule has 0 radical (unpaired) electrons. The molecule has 110 valence electrons. The van der Waals surface area contributed by atoms with Crippen LogP contribution in [0.25, 0.3) is 0 Å². The van der Waals surface area contributed by atoms with E-state index in [1.165, 1.54) is 31.4 Å². The van der Waals surface area contributed by atoms with Gasteiger partial charge >= 0.3 is 0 Å². The van der Waals surface area contributed by atoms with Gasteiger partial charge in [0.2, 0.25) is 5.95 Å². The molecule has 5 nitrogen and oxygen atoms in total. The van der Waals surface area contributed by atoms with Crippen molar-refractivity contribution in [1.29, 1.82) is 0 Å². The van der Waals surface area contributed by atoms with E-state index in [0.29, 0.717) is 0 Å².